The molecular weight excluding hydrogens is 361 g/mol. The van der Waals surface area contributed by atoms with Gasteiger partial charge in [-0.1, -0.05) is 69.4 Å². The SMILES string of the molecule is Cc1cc(O[C@@H](NC(=O)C(C)(C)C)C(Cl)(Cl)Cl)nc(C(C)C)n1. The molecule has 0 aromatic carbocycles. The molecule has 130 valence electrons. The zero-order valence-corrected chi connectivity index (χ0v) is 16.3. The first-order valence-corrected chi connectivity index (χ1v) is 8.34. The largest absolute Gasteiger partial charge is 0.449 e. The van der Waals surface area contributed by atoms with Crippen LogP contribution in [0.25, 0.3) is 0 Å². The normalized spacial score (nSPS) is 13.8. The maximum atomic E-state index is 12.2. The molecular formula is C15H22Cl3N3O2. The van der Waals surface area contributed by atoms with Crippen molar-refractivity contribution in [2.75, 3.05) is 0 Å². The van der Waals surface area contributed by atoms with Gasteiger partial charge >= 0.3 is 0 Å². The standard InChI is InChI=1S/C15H22Cl3N3O2/c1-8(2)11-19-9(3)7-10(20-11)23-13(15(16,17)18)21-12(22)14(4,5)6/h7-8,13H,1-6H3,(H,21,22)/t13-/m1/s1. The maximum Gasteiger partial charge on any atom is 0.246 e. The van der Waals surface area contributed by atoms with E-state index in [1.807, 2.05) is 20.8 Å². The predicted molar refractivity (Wildman–Crippen MR) is 93.2 cm³/mol. The zero-order chi connectivity index (χ0) is 18.0. The molecule has 5 nitrogen and oxygen atoms in total. The van der Waals surface area contributed by atoms with E-state index in [1.165, 1.54) is 0 Å². The molecule has 0 unspecified atom stereocenters. The van der Waals surface area contributed by atoms with Crippen molar-refractivity contribution in [3.63, 3.8) is 0 Å². The molecule has 0 aliphatic rings. The summed E-state index contributed by atoms with van der Waals surface area (Å²) in [6.07, 6.45) is -1.17. The molecule has 0 radical (unpaired) electrons. The number of ether oxygens (including phenoxy) is 1. The van der Waals surface area contributed by atoms with Gasteiger partial charge in [0.05, 0.1) is 0 Å². The van der Waals surface area contributed by atoms with Crippen LogP contribution in [-0.2, 0) is 4.79 Å². The molecule has 1 rings (SSSR count). The highest BCUT2D eigenvalue weighted by molar-refractivity contribution is 6.68. The predicted octanol–water partition coefficient (Wildman–Crippen LogP) is 4.15. The second kappa shape index (κ2) is 7.41. The van der Waals surface area contributed by atoms with Crippen molar-refractivity contribution in [1.29, 1.82) is 0 Å². The lowest BCUT2D eigenvalue weighted by Crippen LogP contribution is -2.51. The first kappa shape index (κ1) is 20.3. The zero-order valence-electron chi connectivity index (χ0n) is 14.1. The van der Waals surface area contributed by atoms with Gasteiger partial charge in [-0.25, -0.2) is 4.98 Å². The third-order valence-corrected chi connectivity index (χ3v) is 3.44. The van der Waals surface area contributed by atoms with Crippen molar-refractivity contribution in [2.45, 2.75) is 57.5 Å². The van der Waals surface area contributed by atoms with E-state index in [1.54, 1.807) is 26.8 Å². The number of hydrogen-bond donors (Lipinski definition) is 1. The summed E-state index contributed by atoms with van der Waals surface area (Å²) >= 11 is 17.8. The summed E-state index contributed by atoms with van der Waals surface area (Å²) in [7, 11) is 0. The van der Waals surface area contributed by atoms with E-state index < -0.39 is 15.4 Å². The van der Waals surface area contributed by atoms with Crippen LogP contribution in [0.4, 0.5) is 0 Å². The van der Waals surface area contributed by atoms with E-state index in [-0.39, 0.29) is 17.7 Å². The highest BCUT2D eigenvalue weighted by atomic mass is 35.6. The van der Waals surface area contributed by atoms with E-state index in [0.717, 1.165) is 5.69 Å². The van der Waals surface area contributed by atoms with Crippen molar-refractivity contribution in [3.8, 4) is 5.88 Å². The number of alkyl halides is 3. The van der Waals surface area contributed by atoms with Crippen LogP contribution < -0.4 is 10.1 Å². The minimum Gasteiger partial charge on any atom is -0.449 e. The molecule has 23 heavy (non-hydrogen) atoms. The average molecular weight is 383 g/mol. The Bertz CT molecular complexity index is 566. The van der Waals surface area contributed by atoms with E-state index in [9.17, 15) is 4.79 Å². The molecule has 0 saturated heterocycles. The summed E-state index contributed by atoms with van der Waals surface area (Å²) in [4.78, 5) is 20.8. The van der Waals surface area contributed by atoms with Crippen molar-refractivity contribution in [1.82, 2.24) is 15.3 Å². The first-order chi connectivity index (χ1) is 10.3. The van der Waals surface area contributed by atoms with Gasteiger partial charge in [0.15, 0.2) is 0 Å². The number of nitrogens with one attached hydrogen (secondary N) is 1. The van der Waals surface area contributed by atoms with Gasteiger partial charge in [0.25, 0.3) is 0 Å². The minimum absolute atomic E-state index is 0.118. The van der Waals surface area contributed by atoms with E-state index in [4.69, 9.17) is 39.5 Å². The molecule has 0 bridgehead atoms. The first-order valence-electron chi connectivity index (χ1n) is 7.20. The molecule has 8 heteroatoms. The Hall–Kier alpha value is -0.780. The summed E-state index contributed by atoms with van der Waals surface area (Å²) < 4.78 is 3.79. The molecule has 1 heterocycles. The number of carbonyl (C=O) groups is 1. The molecule has 1 aromatic heterocycles. The van der Waals surface area contributed by atoms with Crippen LogP contribution in [0.2, 0.25) is 0 Å². The lowest BCUT2D eigenvalue weighted by molar-refractivity contribution is -0.131. The highest BCUT2D eigenvalue weighted by Crippen LogP contribution is 2.32. The summed E-state index contributed by atoms with van der Waals surface area (Å²) in [5, 5.41) is 2.60. The topological polar surface area (TPSA) is 64.1 Å². The second-order valence-electron chi connectivity index (χ2n) is 6.62. The summed E-state index contributed by atoms with van der Waals surface area (Å²) in [6.45, 7) is 11.0. The van der Waals surface area contributed by atoms with Crippen LogP contribution in [0.5, 0.6) is 5.88 Å². The quantitative estimate of drug-likeness (QED) is 0.627. The smallest absolute Gasteiger partial charge is 0.246 e. The minimum atomic E-state index is -1.85. The number of carbonyl (C=O) groups excluding carboxylic acids is 1. The number of hydrogen-bond acceptors (Lipinski definition) is 4. The van der Waals surface area contributed by atoms with Gasteiger partial charge < -0.3 is 10.1 Å². The Morgan fingerprint density at radius 3 is 2.22 bits per heavy atom. The number of rotatable bonds is 4. The Kier molecular flexibility index (Phi) is 6.53. The van der Waals surface area contributed by atoms with Gasteiger partial charge in [-0.05, 0) is 6.92 Å². The van der Waals surface area contributed by atoms with Crippen LogP contribution in [0, 0.1) is 12.3 Å². The molecule has 0 fully saturated rings. The van der Waals surface area contributed by atoms with Crippen LogP contribution in [-0.4, -0.2) is 25.9 Å². The van der Waals surface area contributed by atoms with Crippen molar-refractivity contribution < 1.29 is 9.53 Å². The molecule has 1 aromatic rings. The highest BCUT2D eigenvalue weighted by Gasteiger charge is 2.38. The number of halogens is 3. The maximum absolute atomic E-state index is 12.2. The van der Waals surface area contributed by atoms with Crippen LogP contribution in [0.1, 0.15) is 52.1 Å². The van der Waals surface area contributed by atoms with E-state index >= 15 is 0 Å². The molecule has 0 aliphatic carbocycles. The van der Waals surface area contributed by atoms with Gasteiger partial charge in [-0.15, -0.1) is 0 Å². The van der Waals surface area contributed by atoms with Crippen LogP contribution in [0.3, 0.4) is 0 Å². The lowest BCUT2D eigenvalue weighted by Gasteiger charge is -2.29. The Labute approximate surface area is 152 Å². The monoisotopic (exact) mass is 381 g/mol. The number of amides is 1. The molecule has 0 aliphatic heterocycles. The van der Waals surface area contributed by atoms with Crippen LogP contribution >= 0.6 is 34.8 Å². The van der Waals surface area contributed by atoms with Gasteiger partial charge in [-0.2, -0.15) is 4.98 Å². The third kappa shape index (κ3) is 6.32. The fourth-order valence-corrected chi connectivity index (χ4v) is 1.81. The fraction of sp³-hybridized carbons (Fsp3) is 0.667. The summed E-state index contributed by atoms with van der Waals surface area (Å²) in [5.74, 6) is 0.674. The number of aromatic nitrogens is 2. The van der Waals surface area contributed by atoms with Crippen molar-refractivity contribution >= 4 is 40.7 Å². The second-order valence-corrected chi connectivity index (χ2v) is 8.99. The van der Waals surface area contributed by atoms with Gasteiger partial charge in [0.1, 0.15) is 5.82 Å². The third-order valence-electron chi connectivity index (χ3n) is 2.84. The van der Waals surface area contributed by atoms with E-state index in [0.29, 0.717) is 5.82 Å². The fourth-order valence-electron chi connectivity index (χ4n) is 1.51. The molecule has 1 amide bonds. The summed E-state index contributed by atoms with van der Waals surface area (Å²) in [6, 6.07) is 1.62. The van der Waals surface area contributed by atoms with Gasteiger partial charge in [-0.3, -0.25) is 4.79 Å². The van der Waals surface area contributed by atoms with E-state index in [2.05, 4.69) is 15.3 Å². The Morgan fingerprint density at radius 1 is 1.22 bits per heavy atom. The number of nitrogens with zero attached hydrogens (tertiary/aromatic N) is 2. The molecule has 0 saturated carbocycles. The van der Waals surface area contributed by atoms with Crippen LogP contribution in [0.15, 0.2) is 6.07 Å². The summed E-state index contributed by atoms with van der Waals surface area (Å²) in [5.41, 5.74) is 0.0753. The molecule has 1 atom stereocenters. The van der Waals surface area contributed by atoms with Crippen molar-refractivity contribution in [3.05, 3.63) is 17.6 Å². The molecule has 1 N–H and O–H groups in total. The van der Waals surface area contributed by atoms with Gasteiger partial charge in [0, 0.05) is 23.1 Å². The van der Waals surface area contributed by atoms with Gasteiger partial charge in [0.2, 0.25) is 21.8 Å². The Balaban J connectivity index is 3.06. The lowest BCUT2D eigenvalue weighted by atomic mass is 9.96. The number of aryl methyl sites for hydroxylation is 1. The Morgan fingerprint density at radius 2 is 1.78 bits per heavy atom. The molecule has 0 spiro atoms. The average Bonchev–Trinajstić information content (AvgIpc) is 2.34. The van der Waals surface area contributed by atoms with Crippen molar-refractivity contribution in [2.24, 2.45) is 5.41 Å².